The highest BCUT2D eigenvalue weighted by Crippen LogP contribution is 2.67. The molecule has 0 saturated heterocycles. The zero-order chi connectivity index (χ0) is 41.4. The molecule has 10 unspecified atom stereocenters. The number of fused-ring (bicyclic) bond motifs is 5. The highest BCUT2D eigenvalue weighted by Gasteiger charge is 2.62. The molecule has 3 saturated carbocycles. The number of nitrogens with one attached hydrogen (secondary N) is 2. The molecule has 4 rings (SSSR count). The summed E-state index contributed by atoms with van der Waals surface area (Å²) < 4.78 is 23.1. The standard InChI is InChI=1S/C46H72N2O8/c1-12-13-14-17-30(4)28-53-42(51)47-27-39(49)48-32(6)41(50)54-34-21-23-45(10)33(25-34)26-38(55-43(52)56-44(7,8)9)40-36-20-19-35(31(5)18-15-16-29(2)3)46(36,11)24-22-37(40)45/h12-14,17,26,29,31-32,34-38,40H,4,15-16,18-25,27-28H2,1-3,5-11H3,(H,47,51)(H,48,49). The normalized spacial score (nSPS) is 31.0. The smallest absolute Gasteiger partial charge is 0.461 e. The van der Waals surface area contributed by atoms with Crippen LogP contribution in [0.25, 0.3) is 0 Å². The van der Waals surface area contributed by atoms with Gasteiger partial charge in [-0.2, -0.15) is 0 Å². The molecule has 0 heterocycles. The van der Waals surface area contributed by atoms with Crippen molar-refractivity contribution in [3.63, 3.8) is 0 Å². The molecule has 4 aliphatic carbocycles. The Morgan fingerprint density at radius 3 is 2.38 bits per heavy atom. The highest BCUT2D eigenvalue weighted by atomic mass is 16.7. The number of hydrogen-bond acceptors (Lipinski definition) is 8. The van der Waals surface area contributed by atoms with Crippen molar-refractivity contribution in [2.24, 2.45) is 46.3 Å². The maximum Gasteiger partial charge on any atom is 0.509 e. The van der Waals surface area contributed by atoms with Crippen molar-refractivity contribution in [3.05, 3.63) is 48.1 Å². The van der Waals surface area contributed by atoms with Gasteiger partial charge in [0, 0.05) is 12.3 Å². The topological polar surface area (TPSA) is 129 Å². The number of hydrogen-bond donors (Lipinski definition) is 2. The van der Waals surface area contributed by atoms with E-state index in [9.17, 15) is 19.2 Å². The molecule has 0 aromatic carbocycles. The monoisotopic (exact) mass is 781 g/mol. The molecule has 0 aromatic rings. The van der Waals surface area contributed by atoms with E-state index in [-0.39, 0.29) is 36.0 Å². The number of rotatable bonds is 15. The van der Waals surface area contributed by atoms with Crippen molar-refractivity contribution in [2.45, 2.75) is 157 Å². The van der Waals surface area contributed by atoms with Crippen LogP contribution >= 0.6 is 0 Å². The number of allylic oxidation sites excluding steroid dienone is 3. The molecule has 3 fully saturated rings. The van der Waals surface area contributed by atoms with E-state index in [4.69, 9.17) is 18.9 Å². The maximum atomic E-state index is 13.3. The molecule has 4 aliphatic rings. The van der Waals surface area contributed by atoms with Gasteiger partial charge in [0.25, 0.3) is 0 Å². The Labute approximate surface area is 337 Å². The largest absolute Gasteiger partial charge is 0.509 e. The van der Waals surface area contributed by atoms with E-state index in [1.807, 2.05) is 39.8 Å². The summed E-state index contributed by atoms with van der Waals surface area (Å²) in [5, 5.41) is 5.02. The number of amides is 2. The zero-order valence-electron chi connectivity index (χ0n) is 36.0. The molecule has 56 heavy (non-hydrogen) atoms. The molecule has 0 radical (unpaired) electrons. The van der Waals surface area contributed by atoms with Crippen LogP contribution in [0.5, 0.6) is 0 Å². The molecule has 2 N–H and O–H groups in total. The van der Waals surface area contributed by atoms with Gasteiger partial charge >= 0.3 is 18.2 Å². The minimum absolute atomic E-state index is 0.0191. The van der Waals surface area contributed by atoms with E-state index in [0.29, 0.717) is 42.1 Å². The zero-order valence-corrected chi connectivity index (χ0v) is 36.0. The first-order valence-corrected chi connectivity index (χ1v) is 21.3. The summed E-state index contributed by atoms with van der Waals surface area (Å²) in [5.74, 6) is 1.94. The van der Waals surface area contributed by atoms with Crippen LogP contribution in [0.1, 0.15) is 133 Å². The molecule has 2 amide bonds. The second-order valence-corrected chi connectivity index (χ2v) is 19.0. The van der Waals surface area contributed by atoms with Gasteiger partial charge in [0.15, 0.2) is 0 Å². The number of alkyl carbamates (subject to hydrolysis) is 1. The summed E-state index contributed by atoms with van der Waals surface area (Å²) in [4.78, 5) is 51.2. The molecule has 314 valence electrons. The van der Waals surface area contributed by atoms with Crippen molar-refractivity contribution in [2.75, 3.05) is 13.2 Å². The predicted molar refractivity (Wildman–Crippen MR) is 219 cm³/mol. The van der Waals surface area contributed by atoms with Crippen LogP contribution in [-0.4, -0.2) is 61.1 Å². The molecule has 0 aromatic heterocycles. The Kier molecular flexibility index (Phi) is 15.5. The van der Waals surface area contributed by atoms with Crippen LogP contribution in [0.3, 0.4) is 0 Å². The Morgan fingerprint density at radius 2 is 1.70 bits per heavy atom. The molecule has 10 atom stereocenters. The third-order valence-corrected chi connectivity index (χ3v) is 13.3. The second kappa shape index (κ2) is 19.3. The number of esters is 1. The van der Waals surface area contributed by atoms with Crippen LogP contribution in [0, 0.1) is 46.3 Å². The third kappa shape index (κ3) is 11.5. The lowest BCUT2D eigenvalue weighted by Gasteiger charge is -2.59. The lowest BCUT2D eigenvalue weighted by atomic mass is 9.46. The summed E-state index contributed by atoms with van der Waals surface area (Å²) in [5.41, 5.74) is 1.19. The van der Waals surface area contributed by atoms with Crippen molar-refractivity contribution < 1.29 is 38.1 Å². The van der Waals surface area contributed by atoms with E-state index in [0.717, 1.165) is 25.2 Å². The number of carbonyl (C=O) groups excluding carboxylic acids is 4. The fourth-order valence-corrected chi connectivity index (χ4v) is 10.5. The quantitative estimate of drug-likeness (QED) is 0.0728. The first kappa shape index (κ1) is 45.1. The van der Waals surface area contributed by atoms with Crippen LogP contribution in [0.2, 0.25) is 0 Å². The van der Waals surface area contributed by atoms with Gasteiger partial charge in [-0.1, -0.05) is 90.3 Å². The highest BCUT2D eigenvalue weighted by molar-refractivity contribution is 5.87. The van der Waals surface area contributed by atoms with Crippen molar-refractivity contribution in [1.82, 2.24) is 10.6 Å². The second-order valence-electron chi connectivity index (χ2n) is 19.0. The Balaban J connectivity index is 1.41. The Hall–Kier alpha value is -3.56. The first-order valence-electron chi connectivity index (χ1n) is 21.3. The summed E-state index contributed by atoms with van der Waals surface area (Å²) in [6.45, 7) is 24.4. The molecule has 0 bridgehead atoms. The first-order chi connectivity index (χ1) is 26.3. The van der Waals surface area contributed by atoms with Crippen molar-refractivity contribution >= 4 is 24.1 Å². The van der Waals surface area contributed by atoms with Gasteiger partial charge in [0.05, 0.1) is 0 Å². The van der Waals surface area contributed by atoms with Gasteiger partial charge in [0.2, 0.25) is 5.91 Å². The van der Waals surface area contributed by atoms with E-state index < -0.39 is 41.9 Å². The lowest BCUT2D eigenvalue weighted by molar-refractivity contribution is -0.155. The van der Waals surface area contributed by atoms with Gasteiger partial charge in [-0.05, 0) is 125 Å². The third-order valence-electron chi connectivity index (χ3n) is 13.3. The number of ether oxygens (including phenoxy) is 4. The Morgan fingerprint density at radius 1 is 0.964 bits per heavy atom. The van der Waals surface area contributed by atoms with E-state index in [1.165, 1.54) is 37.7 Å². The van der Waals surface area contributed by atoms with E-state index in [1.54, 1.807) is 19.1 Å². The average Bonchev–Trinajstić information content (AvgIpc) is 3.46. The van der Waals surface area contributed by atoms with Crippen molar-refractivity contribution in [3.8, 4) is 0 Å². The summed E-state index contributed by atoms with van der Waals surface area (Å²) in [6, 6.07) is -0.919. The molecular weight excluding hydrogens is 709 g/mol. The fourth-order valence-electron chi connectivity index (χ4n) is 10.5. The molecular formula is C46H72N2O8. The van der Waals surface area contributed by atoms with Crippen molar-refractivity contribution in [1.29, 1.82) is 0 Å². The number of carbonyl (C=O) groups is 4. The fraction of sp³-hybridized carbons (Fsp3) is 0.739. The minimum atomic E-state index is -0.919. The molecule has 10 nitrogen and oxygen atoms in total. The minimum Gasteiger partial charge on any atom is -0.461 e. The van der Waals surface area contributed by atoms with E-state index in [2.05, 4.69) is 57.9 Å². The maximum absolute atomic E-state index is 13.3. The van der Waals surface area contributed by atoms with Gasteiger partial charge < -0.3 is 29.6 Å². The summed E-state index contributed by atoms with van der Waals surface area (Å²) >= 11 is 0. The Bertz CT molecular complexity index is 1510. The van der Waals surface area contributed by atoms with Crippen LogP contribution in [0.15, 0.2) is 48.1 Å². The van der Waals surface area contributed by atoms with Gasteiger partial charge in [-0.25, -0.2) is 14.4 Å². The lowest BCUT2D eigenvalue weighted by Crippen LogP contribution is -2.56. The van der Waals surface area contributed by atoms with Gasteiger partial charge in [-0.15, -0.1) is 0 Å². The summed E-state index contributed by atoms with van der Waals surface area (Å²) in [7, 11) is 0. The van der Waals surface area contributed by atoms with Crippen LogP contribution < -0.4 is 10.6 Å². The van der Waals surface area contributed by atoms with Crippen LogP contribution in [-0.2, 0) is 28.5 Å². The van der Waals surface area contributed by atoms with Crippen LogP contribution in [0.4, 0.5) is 9.59 Å². The molecule has 10 heteroatoms. The van der Waals surface area contributed by atoms with Gasteiger partial charge in [0.1, 0.15) is 37.0 Å². The van der Waals surface area contributed by atoms with E-state index >= 15 is 0 Å². The molecule has 0 spiro atoms. The molecule has 0 aliphatic heterocycles. The predicted octanol–water partition coefficient (Wildman–Crippen LogP) is 9.79. The SMILES string of the molecule is C=C(C=CC=CC)COC(=O)NCC(=O)NC(C)C(=O)OC1CCC2(C)C(=CC(OC(=O)OC(C)(C)C)C3C2CCC2(C)C(C(C)CCCC(C)C)CCC32)C1. The van der Waals surface area contributed by atoms with Gasteiger partial charge in [-0.3, -0.25) is 4.79 Å². The average molecular weight is 781 g/mol. The summed E-state index contributed by atoms with van der Waals surface area (Å²) in [6.07, 6.45) is 17.7.